The standard InChI is InChI=1S/C18H16O3/c1-21-14-9-7-12(8-10-14)16-15(11-19)17(16)18(20)13-5-3-2-4-6-13/h2-11,15-17H,1H3/t15-,16-,17-/m1/s1. The lowest BCUT2D eigenvalue weighted by molar-refractivity contribution is -0.109. The van der Waals surface area contributed by atoms with Gasteiger partial charge in [-0.05, 0) is 17.7 Å². The molecule has 1 aliphatic carbocycles. The molecule has 0 saturated heterocycles. The Morgan fingerprint density at radius 3 is 2.29 bits per heavy atom. The van der Waals surface area contributed by atoms with E-state index in [4.69, 9.17) is 4.74 Å². The Kier molecular flexibility index (Phi) is 3.57. The van der Waals surface area contributed by atoms with Crippen LogP contribution in [0.15, 0.2) is 54.6 Å². The SMILES string of the molecule is COc1ccc([C@@H]2[C@@H](C=O)[C@H]2C(=O)c2ccccc2)cc1. The van der Waals surface area contributed by atoms with Crippen LogP contribution in [0.25, 0.3) is 0 Å². The van der Waals surface area contributed by atoms with Crippen molar-refractivity contribution in [1.29, 1.82) is 0 Å². The van der Waals surface area contributed by atoms with Crippen molar-refractivity contribution < 1.29 is 14.3 Å². The number of carbonyl (C=O) groups excluding carboxylic acids is 2. The molecular formula is C18H16O3. The minimum absolute atomic E-state index is 0.0129. The summed E-state index contributed by atoms with van der Waals surface area (Å²) in [5.41, 5.74) is 1.69. The molecule has 3 nitrogen and oxygen atoms in total. The lowest BCUT2D eigenvalue weighted by atomic mass is 10.0. The number of Topliss-reactive ketones (excluding diaryl/α,β-unsaturated/α-hetero) is 1. The van der Waals surface area contributed by atoms with E-state index >= 15 is 0 Å². The van der Waals surface area contributed by atoms with Gasteiger partial charge in [-0.15, -0.1) is 0 Å². The molecule has 0 aliphatic heterocycles. The monoisotopic (exact) mass is 280 g/mol. The van der Waals surface area contributed by atoms with Gasteiger partial charge in [-0.3, -0.25) is 4.79 Å². The second-order valence-corrected chi connectivity index (χ2v) is 5.27. The van der Waals surface area contributed by atoms with Gasteiger partial charge in [0.05, 0.1) is 7.11 Å². The molecule has 1 aliphatic rings. The zero-order valence-corrected chi connectivity index (χ0v) is 11.7. The molecule has 0 spiro atoms. The third kappa shape index (κ3) is 2.47. The summed E-state index contributed by atoms with van der Waals surface area (Å²) in [7, 11) is 1.61. The van der Waals surface area contributed by atoms with Crippen molar-refractivity contribution in [2.24, 2.45) is 11.8 Å². The highest BCUT2D eigenvalue weighted by atomic mass is 16.5. The van der Waals surface area contributed by atoms with Crippen LogP contribution >= 0.6 is 0 Å². The van der Waals surface area contributed by atoms with E-state index in [1.165, 1.54) is 0 Å². The van der Waals surface area contributed by atoms with Crippen LogP contribution < -0.4 is 4.74 Å². The van der Waals surface area contributed by atoms with Gasteiger partial charge in [0.1, 0.15) is 12.0 Å². The molecule has 0 radical (unpaired) electrons. The topological polar surface area (TPSA) is 43.4 Å². The third-order valence-corrected chi connectivity index (χ3v) is 4.09. The first-order valence-corrected chi connectivity index (χ1v) is 6.94. The van der Waals surface area contributed by atoms with Crippen LogP contribution in [0.3, 0.4) is 0 Å². The molecule has 0 aromatic heterocycles. The van der Waals surface area contributed by atoms with Crippen molar-refractivity contribution in [3.05, 3.63) is 65.7 Å². The van der Waals surface area contributed by atoms with Crippen LogP contribution in [0.4, 0.5) is 0 Å². The van der Waals surface area contributed by atoms with E-state index in [0.717, 1.165) is 17.6 Å². The third-order valence-electron chi connectivity index (χ3n) is 4.09. The molecule has 106 valence electrons. The first kappa shape index (κ1) is 13.6. The second kappa shape index (κ2) is 5.52. The lowest BCUT2D eigenvalue weighted by Gasteiger charge is -2.03. The largest absolute Gasteiger partial charge is 0.497 e. The average molecular weight is 280 g/mol. The van der Waals surface area contributed by atoms with Crippen molar-refractivity contribution in [1.82, 2.24) is 0 Å². The number of ketones is 1. The molecule has 3 rings (SSSR count). The van der Waals surface area contributed by atoms with Gasteiger partial charge in [-0.2, -0.15) is 0 Å². The van der Waals surface area contributed by atoms with E-state index in [2.05, 4.69) is 0 Å². The van der Waals surface area contributed by atoms with E-state index in [1.807, 2.05) is 42.5 Å². The molecule has 2 aromatic rings. The van der Waals surface area contributed by atoms with E-state index < -0.39 is 0 Å². The van der Waals surface area contributed by atoms with E-state index in [0.29, 0.717) is 5.56 Å². The molecule has 3 heteroatoms. The maximum absolute atomic E-state index is 12.5. The van der Waals surface area contributed by atoms with Crippen LogP contribution in [0.1, 0.15) is 21.8 Å². The quantitative estimate of drug-likeness (QED) is 0.624. The molecule has 0 N–H and O–H groups in total. The van der Waals surface area contributed by atoms with Crippen molar-refractivity contribution in [2.45, 2.75) is 5.92 Å². The molecule has 21 heavy (non-hydrogen) atoms. The molecule has 2 aromatic carbocycles. The Morgan fingerprint density at radius 2 is 1.71 bits per heavy atom. The predicted octanol–water partition coefficient (Wildman–Crippen LogP) is 3.11. The van der Waals surface area contributed by atoms with Crippen LogP contribution in [-0.4, -0.2) is 19.2 Å². The second-order valence-electron chi connectivity index (χ2n) is 5.27. The highest BCUT2D eigenvalue weighted by Crippen LogP contribution is 2.54. The molecule has 0 amide bonds. The van der Waals surface area contributed by atoms with Gasteiger partial charge in [-0.25, -0.2) is 0 Å². The fourth-order valence-corrected chi connectivity index (χ4v) is 2.89. The Balaban J connectivity index is 1.83. The van der Waals surface area contributed by atoms with Crippen molar-refractivity contribution in [3.8, 4) is 5.75 Å². The van der Waals surface area contributed by atoms with Crippen LogP contribution in [0.2, 0.25) is 0 Å². The minimum atomic E-state index is -0.238. The van der Waals surface area contributed by atoms with Crippen LogP contribution in [-0.2, 0) is 4.79 Å². The van der Waals surface area contributed by atoms with E-state index in [-0.39, 0.29) is 23.5 Å². The zero-order valence-electron chi connectivity index (χ0n) is 11.7. The lowest BCUT2D eigenvalue weighted by Crippen LogP contribution is -2.04. The summed E-state index contributed by atoms with van der Waals surface area (Å²) in [6.07, 6.45) is 0.903. The Labute approximate surface area is 123 Å². The van der Waals surface area contributed by atoms with Gasteiger partial charge in [-0.1, -0.05) is 42.5 Å². The summed E-state index contributed by atoms with van der Waals surface area (Å²) in [6, 6.07) is 16.7. The van der Waals surface area contributed by atoms with Gasteiger partial charge in [0.25, 0.3) is 0 Å². The maximum atomic E-state index is 12.5. The fraction of sp³-hybridized carbons (Fsp3) is 0.222. The van der Waals surface area contributed by atoms with Crippen molar-refractivity contribution in [2.75, 3.05) is 7.11 Å². The number of rotatable bonds is 5. The molecular weight excluding hydrogens is 264 g/mol. The van der Waals surface area contributed by atoms with E-state index in [9.17, 15) is 9.59 Å². The highest BCUT2D eigenvalue weighted by Gasteiger charge is 2.55. The van der Waals surface area contributed by atoms with Gasteiger partial charge in [0.2, 0.25) is 0 Å². The first-order valence-electron chi connectivity index (χ1n) is 6.94. The van der Waals surface area contributed by atoms with Gasteiger partial charge in [0.15, 0.2) is 5.78 Å². The number of ether oxygens (including phenoxy) is 1. The number of hydrogen-bond donors (Lipinski definition) is 0. The summed E-state index contributed by atoms with van der Waals surface area (Å²) < 4.78 is 5.13. The molecule has 3 atom stereocenters. The summed E-state index contributed by atoms with van der Waals surface area (Å²) in [6.45, 7) is 0. The summed E-state index contributed by atoms with van der Waals surface area (Å²) >= 11 is 0. The summed E-state index contributed by atoms with van der Waals surface area (Å²) in [5, 5.41) is 0. The predicted molar refractivity (Wildman–Crippen MR) is 79.6 cm³/mol. The van der Waals surface area contributed by atoms with Crippen LogP contribution in [0.5, 0.6) is 5.75 Å². The molecule has 0 bridgehead atoms. The zero-order chi connectivity index (χ0) is 14.8. The fourth-order valence-electron chi connectivity index (χ4n) is 2.89. The number of methoxy groups -OCH3 is 1. The normalized spacial score (nSPS) is 23.4. The van der Waals surface area contributed by atoms with E-state index in [1.54, 1.807) is 19.2 Å². The molecule has 1 saturated carbocycles. The maximum Gasteiger partial charge on any atom is 0.167 e. The Bertz CT molecular complexity index is 646. The molecule has 0 unspecified atom stereocenters. The van der Waals surface area contributed by atoms with Crippen LogP contribution in [0, 0.1) is 11.8 Å². The number of hydrogen-bond acceptors (Lipinski definition) is 3. The highest BCUT2D eigenvalue weighted by molar-refractivity contribution is 6.03. The first-order chi connectivity index (χ1) is 10.3. The van der Waals surface area contributed by atoms with Gasteiger partial charge < -0.3 is 9.53 Å². The average Bonchev–Trinajstić information content (AvgIpc) is 3.29. The number of carbonyl (C=O) groups is 2. The molecule has 1 fully saturated rings. The Hall–Kier alpha value is -2.42. The number of aldehydes is 1. The minimum Gasteiger partial charge on any atom is -0.497 e. The van der Waals surface area contributed by atoms with Gasteiger partial charge in [0, 0.05) is 23.3 Å². The molecule has 0 heterocycles. The van der Waals surface area contributed by atoms with Crippen molar-refractivity contribution in [3.63, 3.8) is 0 Å². The van der Waals surface area contributed by atoms with Crippen molar-refractivity contribution >= 4 is 12.1 Å². The number of benzene rings is 2. The Morgan fingerprint density at radius 1 is 1.05 bits per heavy atom. The summed E-state index contributed by atoms with van der Waals surface area (Å²) in [5.74, 6) is 0.354. The summed E-state index contributed by atoms with van der Waals surface area (Å²) in [4.78, 5) is 23.7. The smallest absolute Gasteiger partial charge is 0.167 e. The van der Waals surface area contributed by atoms with Gasteiger partial charge >= 0.3 is 0 Å².